The van der Waals surface area contributed by atoms with Gasteiger partial charge in [0.25, 0.3) is 0 Å². The number of alkyl halides is 3. The highest BCUT2D eigenvalue weighted by Crippen LogP contribution is 2.29. The highest BCUT2D eigenvalue weighted by atomic mass is 19.4. The molecule has 8 heteroatoms. The van der Waals surface area contributed by atoms with E-state index in [1.807, 2.05) is 11.0 Å². The van der Waals surface area contributed by atoms with Crippen molar-refractivity contribution in [2.75, 3.05) is 31.1 Å². The first kappa shape index (κ1) is 20.0. The van der Waals surface area contributed by atoms with Crippen molar-refractivity contribution in [1.29, 1.82) is 0 Å². The van der Waals surface area contributed by atoms with Gasteiger partial charge >= 0.3 is 6.18 Å². The molecular formula is C20H22F3N3O2. The summed E-state index contributed by atoms with van der Waals surface area (Å²) in [6.45, 7) is 2.22. The van der Waals surface area contributed by atoms with Gasteiger partial charge in [0.05, 0.1) is 5.56 Å². The van der Waals surface area contributed by atoms with Crippen LogP contribution in [0.25, 0.3) is 0 Å². The number of aromatic hydroxyl groups is 1. The molecule has 0 spiro atoms. The fraction of sp³-hybridized carbons (Fsp3) is 0.400. The highest BCUT2D eigenvalue weighted by Gasteiger charge is 2.31. The smallest absolute Gasteiger partial charge is 0.417 e. The summed E-state index contributed by atoms with van der Waals surface area (Å²) in [5, 5.41) is 9.80. The number of anilines is 1. The van der Waals surface area contributed by atoms with Gasteiger partial charge in [-0.05, 0) is 36.6 Å². The molecule has 28 heavy (non-hydrogen) atoms. The molecule has 1 aliphatic heterocycles. The van der Waals surface area contributed by atoms with Crippen molar-refractivity contribution in [1.82, 2.24) is 9.88 Å². The van der Waals surface area contributed by atoms with Gasteiger partial charge in [-0.25, -0.2) is 4.98 Å². The van der Waals surface area contributed by atoms with Crippen LogP contribution in [0, 0.1) is 0 Å². The van der Waals surface area contributed by atoms with Crippen LogP contribution in [0.4, 0.5) is 19.0 Å². The monoisotopic (exact) mass is 393 g/mol. The fourth-order valence-corrected chi connectivity index (χ4v) is 3.26. The van der Waals surface area contributed by atoms with Crippen LogP contribution in [0.15, 0.2) is 42.6 Å². The highest BCUT2D eigenvalue weighted by molar-refractivity contribution is 5.76. The molecule has 5 nitrogen and oxygen atoms in total. The second-order valence-corrected chi connectivity index (χ2v) is 6.75. The Labute approximate surface area is 161 Å². The van der Waals surface area contributed by atoms with Gasteiger partial charge in [-0.15, -0.1) is 0 Å². The lowest BCUT2D eigenvalue weighted by atomic mass is 10.1. The fourth-order valence-electron chi connectivity index (χ4n) is 3.26. The van der Waals surface area contributed by atoms with Gasteiger partial charge < -0.3 is 14.9 Å². The number of rotatable bonds is 4. The lowest BCUT2D eigenvalue weighted by Gasteiger charge is -2.23. The van der Waals surface area contributed by atoms with Gasteiger partial charge in [-0.3, -0.25) is 4.79 Å². The number of hydrogen-bond donors (Lipinski definition) is 1. The number of carbonyl (C=O) groups excluding carboxylic acids is 1. The number of pyridine rings is 1. The lowest BCUT2D eigenvalue weighted by Crippen LogP contribution is -2.35. The number of amides is 1. The number of phenols is 1. The van der Waals surface area contributed by atoms with Crippen molar-refractivity contribution >= 4 is 11.7 Å². The minimum absolute atomic E-state index is 0.00508. The maximum atomic E-state index is 12.7. The summed E-state index contributed by atoms with van der Waals surface area (Å²) >= 11 is 0. The molecule has 0 atom stereocenters. The Bertz CT molecular complexity index is 809. The third-order valence-electron chi connectivity index (χ3n) is 4.85. The van der Waals surface area contributed by atoms with Gasteiger partial charge in [-0.2, -0.15) is 13.2 Å². The van der Waals surface area contributed by atoms with Gasteiger partial charge in [0, 0.05) is 38.8 Å². The molecule has 1 amide bonds. The Balaban J connectivity index is 1.55. The first-order chi connectivity index (χ1) is 13.3. The van der Waals surface area contributed by atoms with Crippen LogP contribution in [0.3, 0.4) is 0 Å². The number of nitrogens with zero attached hydrogens (tertiary/aromatic N) is 3. The van der Waals surface area contributed by atoms with E-state index in [-0.39, 0.29) is 11.7 Å². The number of aromatic nitrogens is 1. The van der Waals surface area contributed by atoms with Crippen molar-refractivity contribution in [3.8, 4) is 5.75 Å². The Morgan fingerprint density at radius 2 is 1.86 bits per heavy atom. The zero-order chi connectivity index (χ0) is 20.1. The third kappa shape index (κ3) is 4.94. The van der Waals surface area contributed by atoms with Gasteiger partial charge in [-0.1, -0.05) is 18.2 Å². The molecule has 1 N–H and O–H groups in total. The summed E-state index contributed by atoms with van der Waals surface area (Å²) in [7, 11) is 0. The van der Waals surface area contributed by atoms with E-state index in [9.17, 15) is 23.1 Å². The van der Waals surface area contributed by atoms with E-state index < -0.39 is 11.7 Å². The Morgan fingerprint density at radius 1 is 1.07 bits per heavy atom. The van der Waals surface area contributed by atoms with Crippen LogP contribution in [-0.2, 0) is 17.4 Å². The van der Waals surface area contributed by atoms with Crippen molar-refractivity contribution < 1.29 is 23.1 Å². The average Bonchev–Trinajstić information content (AvgIpc) is 2.93. The summed E-state index contributed by atoms with van der Waals surface area (Å²) < 4.78 is 38.0. The first-order valence-electron chi connectivity index (χ1n) is 9.17. The van der Waals surface area contributed by atoms with E-state index >= 15 is 0 Å². The Hall–Kier alpha value is -2.77. The molecule has 3 rings (SSSR count). The number of hydrogen-bond acceptors (Lipinski definition) is 4. The molecule has 2 aromatic rings. The molecule has 0 saturated carbocycles. The Kier molecular flexibility index (Phi) is 6.06. The molecule has 0 bridgehead atoms. The van der Waals surface area contributed by atoms with Gasteiger partial charge in [0.15, 0.2) is 0 Å². The minimum atomic E-state index is -4.40. The summed E-state index contributed by atoms with van der Waals surface area (Å²) in [5.74, 6) is 0.674. The molecule has 2 heterocycles. The minimum Gasteiger partial charge on any atom is -0.508 e. The Morgan fingerprint density at radius 3 is 2.54 bits per heavy atom. The molecular weight excluding hydrogens is 371 g/mol. The maximum Gasteiger partial charge on any atom is 0.417 e. The molecule has 1 saturated heterocycles. The third-order valence-corrected chi connectivity index (χ3v) is 4.85. The molecule has 1 aromatic heterocycles. The molecule has 0 radical (unpaired) electrons. The molecule has 1 aliphatic rings. The van der Waals surface area contributed by atoms with E-state index in [2.05, 4.69) is 4.98 Å². The normalized spacial score (nSPS) is 15.4. The van der Waals surface area contributed by atoms with Crippen LogP contribution in [0.5, 0.6) is 5.75 Å². The van der Waals surface area contributed by atoms with Crippen molar-refractivity contribution in [3.63, 3.8) is 0 Å². The SMILES string of the molecule is O=C(CCc1ccccc1O)N1CCCN(c2ccc(C(F)(F)F)cn2)CC1. The number of phenolic OH excluding ortho intramolecular Hbond substituents is 1. The van der Waals surface area contributed by atoms with Gasteiger partial charge in [0.2, 0.25) is 5.91 Å². The van der Waals surface area contributed by atoms with E-state index in [0.29, 0.717) is 51.3 Å². The quantitative estimate of drug-likeness (QED) is 0.864. The number of aryl methyl sites for hydroxylation is 1. The van der Waals surface area contributed by atoms with Crippen LogP contribution < -0.4 is 4.90 Å². The lowest BCUT2D eigenvalue weighted by molar-refractivity contribution is -0.137. The molecule has 150 valence electrons. The van der Waals surface area contributed by atoms with Crippen LogP contribution in [0.2, 0.25) is 0 Å². The zero-order valence-electron chi connectivity index (χ0n) is 15.3. The predicted octanol–water partition coefficient (Wildman–Crippen LogP) is 3.48. The summed E-state index contributed by atoms with van der Waals surface area (Å²) in [5.41, 5.74) is -0.0340. The van der Waals surface area contributed by atoms with Crippen molar-refractivity contribution in [2.24, 2.45) is 0 Å². The van der Waals surface area contributed by atoms with Crippen molar-refractivity contribution in [2.45, 2.75) is 25.4 Å². The van der Waals surface area contributed by atoms with Crippen LogP contribution in [0.1, 0.15) is 24.0 Å². The van der Waals surface area contributed by atoms with Crippen LogP contribution in [-0.4, -0.2) is 47.1 Å². The maximum absolute atomic E-state index is 12.7. The summed E-state index contributed by atoms with van der Waals surface area (Å²) in [4.78, 5) is 20.1. The molecule has 0 aliphatic carbocycles. The predicted molar refractivity (Wildman–Crippen MR) is 99.1 cm³/mol. The van der Waals surface area contributed by atoms with Crippen LogP contribution >= 0.6 is 0 Å². The summed E-state index contributed by atoms with van der Waals surface area (Å²) in [6, 6.07) is 9.35. The second-order valence-electron chi connectivity index (χ2n) is 6.75. The standard InChI is InChI=1S/C20H22F3N3O2/c21-20(22,23)16-7-8-18(24-14-16)25-10-3-11-26(13-12-25)19(28)9-6-15-4-1-2-5-17(15)27/h1-2,4-5,7-8,14,27H,3,6,9-13H2. The largest absolute Gasteiger partial charge is 0.508 e. The zero-order valence-corrected chi connectivity index (χ0v) is 15.3. The van der Waals surface area contributed by atoms with E-state index in [0.717, 1.165) is 17.8 Å². The number of benzene rings is 1. The number of carbonyl (C=O) groups is 1. The van der Waals surface area contributed by atoms with Crippen molar-refractivity contribution in [3.05, 3.63) is 53.7 Å². The number of halogens is 3. The second kappa shape index (κ2) is 8.50. The van der Waals surface area contributed by atoms with E-state index in [4.69, 9.17) is 0 Å². The molecule has 1 aromatic carbocycles. The van der Waals surface area contributed by atoms with E-state index in [1.54, 1.807) is 23.1 Å². The average molecular weight is 393 g/mol. The van der Waals surface area contributed by atoms with Gasteiger partial charge in [0.1, 0.15) is 11.6 Å². The first-order valence-corrected chi connectivity index (χ1v) is 9.17. The topological polar surface area (TPSA) is 56.7 Å². The summed E-state index contributed by atoms with van der Waals surface area (Å²) in [6.07, 6.45) is -2.08. The molecule has 0 unspecified atom stereocenters. The molecule has 1 fully saturated rings. The van der Waals surface area contributed by atoms with E-state index in [1.165, 1.54) is 6.07 Å². The number of para-hydroxylation sites is 1.